The molecule has 132 valence electrons. The first-order valence-electron chi connectivity index (χ1n) is 8.14. The Balaban J connectivity index is 2.43. The summed E-state index contributed by atoms with van der Waals surface area (Å²) in [5, 5.41) is 6.74. The Morgan fingerprint density at radius 1 is 1.28 bits per heavy atom. The van der Waals surface area contributed by atoms with Crippen LogP contribution in [0.4, 0.5) is 5.69 Å². The van der Waals surface area contributed by atoms with Crippen LogP contribution in [0.2, 0.25) is 5.02 Å². The van der Waals surface area contributed by atoms with Crippen molar-refractivity contribution in [1.82, 2.24) is 9.78 Å². The molecular formula is C19H22ClN3OS. The van der Waals surface area contributed by atoms with Gasteiger partial charge in [-0.15, -0.1) is 11.8 Å². The molecule has 25 heavy (non-hydrogen) atoms. The Morgan fingerprint density at radius 3 is 2.60 bits per heavy atom. The highest BCUT2D eigenvalue weighted by atomic mass is 35.5. The minimum Gasteiger partial charge on any atom is -0.267 e. The number of halogens is 1. The molecule has 0 unspecified atom stereocenters. The maximum Gasteiger partial charge on any atom is 0.274 e. The van der Waals surface area contributed by atoms with Gasteiger partial charge in [0.25, 0.3) is 5.56 Å². The summed E-state index contributed by atoms with van der Waals surface area (Å²) < 4.78 is 1.47. The summed E-state index contributed by atoms with van der Waals surface area (Å²) in [6, 6.07) is 5.60. The number of aryl methyl sites for hydroxylation is 1. The molecule has 0 N–H and O–H groups in total. The third-order valence-electron chi connectivity index (χ3n) is 3.85. The molecule has 4 nitrogen and oxygen atoms in total. The summed E-state index contributed by atoms with van der Waals surface area (Å²) in [7, 11) is 0. The standard InChI is InChI=1S/C19H22ClN3OS/c1-5-14-15(6-2)19(24)23(22-16(14)7-3)11-10-21-17-12-13(20)8-9-18(17)25-4/h5-6,8-10,12H,7,11H2,1-4H3/b14-5+,15-6+,21-10?. The quantitative estimate of drug-likeness (QED) is 0.595. The van der Waals surface area contributed by atoms with Crippen LogP contribution in [-0.4, -0.2) is 22.3 Å². The van der Waals surface area contributed by atoms with Crippen molar-refractivity contribution in [2.45, 2.75) is 38.6 Å². The Labute approximate surface area is 156 Å². The first kappa shape index (κ1) is 19.5. The summed E-state index contributed by atoms with van der Waals surface area (Å²) in [5.74, 6) is 0. The maximum absolute atomic E-state index is 12.6. The molecule has 0 radical (unpaired) electrons. The molecule has 2 rings (SSSR count). The zero-order valence-electron chi connectivity index (χ0n) is 14.9. The van der Waals surface area contributed by atoms with Gasteiger partial charge < -0.3 is 0 Å². The molecule has 1 aromatic heterocycles. The summed E-state index contributed by atoms with van der Waals surface area (Å²) in [5.41, 5.74) is 1.61. The molecule has 6 heteroatoms. The van der Waals surface area contributed by atoms with Crippen molar-refractivity contribution in [1.29, 1.82) is 0 Å². The minimum atomic E-state index is -0.101. The fourth-order valence-corrected chi connectivity index (χ4v) is 3.31. The maximum atomic E-state index is 12.6. The lowest BCUT2D eigenvalue weighted by atomic mass is 10.2. The minimum absolute atomic E-state index is 0.101. The van der Waals surface area contributed by atoms with E-state index in [1.54, 1.807) is 18.0 Å². The van der Waals surface area contributed by atoms with Gasteiger partial charge in [0.1, 0.15) is 0 Å². The van der Waals surface area contributed by atoms with Crippen molar-refractivity contribution in [2.75, 3.05) is 6.26 Å². The van der Waals surface area contributed by atoms with Crippen LogP contribution < -0.4 is 16.0 Å². The van der Waals surface area contributed by atoms with Gasteiger partial charge in [0.2, 0.25) is 0 Å². The van der Waals surface area contributed by atoms with E-state index >= 15 is 0 Å². The zero-order valence-corrected chi connectivity index (χ0v) is 16.5. The van der Waals surface area contributed by atoms with Crippen LogP contribution in [0.25, 0.3) is 12.2 Å². The molecule has 0 fully saturated rings. The van der Waals surface area contributed by atoms with E-state index < -0.39 is 0 Å². The molecule has 1 aromatic carbocycles. The van der Waals surface area contributed by atoms with Crippen molar-refractivity contribution in [2.24, 2.45) is 4.99 Å². The number of nitrogens with zero attached hydrogens (tertiary/aromatic N) is 3. The van der Waals surface area contributed by atoms with Crippen molar-refractivity contribution in [3.8, 4) is 0 Å². The summed E-state index contributed by atoms with van der Waals surface area (Å²) in [4.78, 5) is 18.1. The molecular weight excluding hydrogens is 354 g/mol. The first-order chi connectivity index (χ1) is 12.0. The van der Waals surface area contributed by atoms with E-state index in [-0.39, 0.29) is 5.56 Å². The van der Waals surface area contributed by atoms with Crippen LogP contribution in [0.1, 0.15) is 26.5 Å². The highest BCUT2D eigenvalue weighted by Gasteiger charge is 2.05. The summed E-state index contributed by atoms with van der Waals surface area (Å²) >= 11 is 7.65. The largest absolute Gasteiger partial charge is 0.274 e. The van der Waals surface area contributed by atoms with Crippen molar-refractivity contribution < 1.29 is 0 Å². The number of rotatable bonds is 5. The second-order valence-corrected chi connectivity index (χ2v) is 6.60. The molecule has 2 aromatic rings. The molecule has 0 atom stereocenters. The van der Waals surface area contributed by atoms with E-state index in [4.69, 9.17) is 11.6 Å². The van der Waals surface area contributed by atoms with Gasteiger partial charge >= 0.3 is 0 Å². The predicted molar refractivity (Wildman–Crippen MR) is 109 cm³/mol. The van der Waals surface area contributed by atoms with Gasteiger partial charge in [-0.25, -0.2) is 4.68 Å². The Hall–Kier alpha value is -1.85. The lowest BCUT2D eigenvalue weighted by Crippen LogP contribution is -2.48. The number of hydrogen-bond acceptors (Lipinski definition) is 4. The van der Waals surface area contributed by atoms with Crippen LogP contribution in [0.5, 0.6) is 0 Å². The Morgan fingerprint density at radius 2 is 2.00 bits per heavy atom. The molecule has 0 saturated carbocycles. The second-order valence-electron chi connectivity index (χ2n) is 5.32. The average molecular weight is 376 g/mol. The molecule has 0 bridgehead atoms. The van der Waals surface area contributed by atoms with E-state index in [0.717, 1.165) is 27.9 Å². The summed E-state index contributed by atoms with van der Waals surface area (Å²) in [6.45, 7) is 6.15. The molecule has 0 amide bonds. The highest BCUT2D eigenvalue weighted by Crippen LogP contribution is 2.30. The Kier molecular flexibility index (Phi) is 7.02. The number of aliphatic imine (C=N–C) groups is 1. The van der Waals surface area contributed by atoms with Gasteiger partial charge in [-0.05, 0) is 44.7 Å². The van der Waals surface area contributed by atoms with Gasteiger partial charge in [0, 0.05) is 26.6 Å². The van der Waals surface area contributed by atoms with E-state index in [2.05, 4.69) is 10.1 Å². The van der Waals surface area contributed by atoms with E-state index in [9.17, 15) is 4.79 Å². The number of aromatic nitrogens is 2. The van der Waals surface area contributed by atoms with Crippen LogP contribution in [0, 0.1) is 0 Å². The lowest BCUT2D eigenvalue weighted by molar-refractivity contribution is 0.643. The second kappa shape index (κ2) is 9.02. The Bertz CT molecular complexity index is 964. The molecule has 0 aliphatic heterocycles. The lowest BCUT2D eigenvalue weighted by Gasteiger charge is -2.06. The average Bonchev–Trinajstić information content (AvgIpc) is 2.62. The third-order valence-corrected chi connectivity index (χ3v) is 4.87. The highest BCUT2D eigenvalue weighted by molar-refractivity contribution is 7.98. The van der Waals surface area contributed by atoms with Crippen LogP contribution in [0.3, 0.4) is 0 Å². The number of benzene rings is 1. The fourth-order valence-electron chi connectivity index (χ4n) is 2.62. The molecule has 1 heterocycles. The molecule has 0 aliphatic carbocycles. The zero-order chi connectivity index (χ0) is 18.4. The first-order valence-corrected chi connectivity index (χ1v) is 9.74. The van der Waals surface area contributed by atoms with Gasteiger partial charge in [-0.2, -0.15) is 5.10 Å². The van der Waals surface area contributed by atoms with E-state index in [1.807, 2.05) is 57.4 Å². The van der Waals surface area contributed by atoms with Gasteiger partial charge in [-0.1, -0.05) is 30.7 Å². The topological polar surface area (TPSA) is 47.2 Å². The van der Waals surface area contributed by atoms with Gasteiger partial charge in [0.15, 0.2) is 0 Å². The van der Waals surface area contributed by atoms with Crippen LogP contribution in [-0.2, 0) is 13.0 Å². The summed E-state index contributed by atoms with van der Waals surface area (Å²) in [6.07, 6.45) is 8.24. The molecule has 0 saturated heterocycles. The fraction of sp³-hybridized carbons (Fsp3) is 0.316. The van der Waals surface area contributed by atoms with Crippen molar-refractivity contribution >= 4 is 47.4 Å². The van der Waals surface area contributed by atoms with Crippen LogP contribution in [0.15, 0.2) is 32.9 Å². The van der Waals surface area contributed by atoms with E-state index in [0.29, 0.717) is 16.8 Å². The van der Waals surface area contributed by atoms with Crippen LogP contribution >= 0.6 is 23.4 Å². The van der Waals surface area contributed by atoms with Crippen molar-refractivity contribution in [3.05, 3.63) is 49.7 Å². The molecule has 0 aliphatic rings. The van der Waals surface area contributed by atoms with Crippen molar-refractivity contribution in [3.63, 3.8) is 0 Å². The smallest absolute Gasteiger partial charge is 0.267 e. The number of thioether (sulfide) groups is 1. The normalized spacial score (nSPS) is 13.2. The number of hydrogen-bond donors (Lipinski definition) is 0. The van der Waals surface area contributed by atoms with Gasteiger partial charge in [0.05, 0.1) is 17.9 Å². The predicted octanol–water partition coefficient (Wildman–Crippen LogP) is 3.18. The SMILES string of the molecule is C/C=c1/c(CC)nn(CC=Nc2cc(Cl)ccc2SC)c(=O)/c1=C/C. The van der Waals surface area contributed by atoms with E-state index in [1.165, 1.54) is 4.68 Å². The van der Waals surface area contributed by atoms with Gasteiger partial charge in [-0.3, -0.25) is 9.79 Å². The monoisotopic (exact) mass is 375 g/mol. The molecule has 0 spiro atoms. The third kappa shape index (κ3) is 4.41.